The van der Waals surface area contributed by atoms with Crippen LogP contribution in [0.15, 0.2) is 54.6 Å². The third-order valence-corrected chi connectivity index (χ3v) is 4.83. The van der Waals surface area contributed by atoms with E-state index in [9.17, 15) is 8.78 Å². The predicted molar refractivity (Wildman–Crippen MR) is 89.3 cm³/mol. The minimum Gasteiger partial charge on any atom is -0.378 e. The summed E-state index contributed by atoms with van der Waals surface area (Å²) in [5.41, 5.74) is 2.52. The first-order valence-electron chi connectivity index (χ1n) is 8.24. The Hall–Kier alpha value is -2.04. The Bertz CT molecular complexity index is 759. The molecule has 0 aliphatic carbocycles. The lowest BCUT2D eigenvalue weighted by Gasteiger charge is -2.44. The monoisotopic (exact) mass is 327 g/mol. The maximum atomic E-state index is 14.1. The molecule has 2 aromatic rings. The summed E-state index contributed by atoms with van der Waals surface area (Å²) in [6, 6.07) is 14.2. The first kappa shape index (κ1) is 15.5. The Morgan fingerprint density at radius 2 is 1.88 bits per heavy atom. The van der Waals surface area contributed by atoms with E-state index in [1.807, 2.05) is 24.3 Å². The van der Waals surface area contributed by atoms with E-state index < -0.39 is 5.82 Å². The van der Waals surface area contributed by atoms with Crippen molar-refractivity contribution in [2.75, 3.05) is 13.2 Å². The van der Waals surface area contributed by atoms with Crippen molar-refractivity contribution in [1.29, 1.82) is 0 Å². The van der Waals surface area contributed by atoms with Gasteiger partial charge in [-0.25, -0.2) is 8.78 Å². The largest absolute Gasteiger partial charge is 0.378 e. The first-order valence-corrected chi connectivity index (χ1v) is 8.24. The molecule has 1 fully saturated rings. The maximum Gasteiger partial charge on any atom is 0.130 e. The quantitative estimate of drug-likeness (QED) is 0.844. The molecule has 124 valence electrons. The normalized spacial score (nSPS) is 23.8. The fourth-order valence-corrected chi connectivity index (χ4v) is 3.65. The number of halogens is 2. The molecular weight excluding hydrogens is 308 g/mol. The molecule has 2 heterocycles. The summed E-state index contributed by atoms with van der Waals surface area (Å²) >= 11 is 0. The van der Waals surface area contributed by atoms with Crippen LogP contribution in [0.25, 0.3) is 5.57 Å². The number of benzene rings is 2. The van der Waals surface area contributed by atoms with Crippen LogP contribution in [-0.2, 0) is 11.3 Å². The van der Waals surface area contributed by atoms with E-state index in [2.05, 4.69) is 17.0 Å². The third kappa shape index (κ3) is 2.99. The highest BCUT2D eigenvalue weighted by atomic mass is 19.1. The molecule has 0 spiro atoms. The lowest BCUT2D eigenvalue weighted by molar-refractivity contribution is -0.0403. The lowest BCUT2D eigenvalue weighted by atomic mass is 9.89. The Labute approximate surface area is 140 Å². The van der Waals surface area contributed by atoms with Gasteiger partial charge >= 0.3 is 0 Å². The van der Waals surface area contributed by atoms with E-state index in [0.29, 0.717) is 25.2 Å². The molecule has 0 saturated carbocycles. The second-order valence-electron chi connectivity index (χ2n) is 6.44. The fourth-order valence-electron chi connectivity index (χ4n) is 3.65. The van der Waals surface area contributed by atoms with Crippen LogP contribution in [0.4, 0.5) is 8.78 Å². The van der Waals surface area contributed by atoms with Gasteiger partial charge in [0.25, 0.3) is 0 Å². The van der Waals surface area contributed by atoms with Crippen molar-refractivity contribution < 1.29 is 13.5 Å². The van der Waals surface area contributed by atoms with Crippen LogP contribution >= 0.6 is 0 Å². The third-order valence-electron chi connectivity index (χ3n) is 4.83. The van der Waals surface area contributed by atoms with E-state index in [-0.39, 0.29) is 17.9 Å². The number of morpholine rings is 1. The predicted octanol–water partition coefficient (Wildman–Crippen LogP) is 4.02. The van der Waals surface area contributed by atoms with E-state index in [0.717, 1.165) is 18.2 Å². The zero-order valence-electron chi connectivity index (χ0n) is 13.3. The van der Waals surface area contributed by atoms with E-state index in [4.69, 9.17) is 4.74 Å². The molecule has 1 saturated heterocycles. The molecule has 4 heteroatoms. The Morgan fingerprint density at radius 1 is 1.04 bits per heavy atom. The molecule has 2 atom stereocenters. The molecule has 2 aliphatic rings. The molecular formula is C20H19F2NO. The highest BCUT2D eigenvalue weighted by Crippen LogP contribution is 2.34. The molecule has 24 heavy (non-hydrogen) atoms. The summed E-state index contributed by atoms with van der Waals surface area (Å²) in [7, 11) is 0. The number of hydrogen-bond donors (Lipinski definition) is 0. The molecule has 0 amide bonds. The standard InChI is InChI=1S/C20H19F2NO/c21-16-6-7-20(22)19(10-16)15-8-17-12-24-13-18(9-15)23(17)11-14-4-2-1-3-5-14/h1-8,10,17-18H,9,11-13H2. The van der Waals surface area contributed by atoms with Gasteiger partial charge in [-0.1, -0.05) is 36.4 Å². The van der Waals surface area contributed by atoms with Gasteiger partial charge < -0.3 is 4.74 Å². The molecule has 0 aromatic heterocycles. The first-order chi connectivity index (χ1) is 11.7. The summed E-state index contributed by atoms with van der Waals surface area (Å²) in [5.74, 6) is -0.765. The average Bonchev–Trinajstić information content (AvgIpc) is 2.58. The van der Waals surface area contributed by atoms with Gasteiger partial charge in [-0.2, -0.15) is 0 Å². The van der Waals surface area contributed by atoms with Gasteiger partial charge in [-0.15, -0.1) is 0 Å². The van der Waals surface area contributed by atoms with Crippen molar-refractivity contribution in [2.45, 2.75) is 25.0 Å². The molecule has 4 rings (SSSR count). The van der Waals surface area contributed by atoms with Gasteiger partial charge in [-0.05, 0) is 35.8 Å². The smallest absolute Gasteiger partial charge is 0.130 e. The van der Waals surface area contributed by atoms with Crippen LogP contribution in [0.1, 0.15) is 17.5 Å². The SMILES string of the molecule is Fc1ccc(F)c(C2=CC3COCC(C2)N3Cc2ccccc2)c1. The zero-order chi connectivity index (χ0) is 16.5. The van der Waals surface area contributed by atoms with Crippen molar-refractivity contribution in [2.24, 2.45) is 0 Å². The summed E-state index contributed by atoms with van der Waals surface area (Å²) in [6.45, 7) is 2.05. The van der Waals surface area contributed by atoms with Crippen molar-refractivity contribution in [3.63, 3.8) is 0 Å². The van der Waals surface area contributed by atoms with Crippen molar-refractivity contribution in [3.8, 4) is 0 Å². The van der Waals surface area contributed by atoms with Gasteiger partial charge in [0.2, 0.25) is 0 Å². The minimum atomic E-state index is -0.402. The molecule has 2 nitrogen and oxygen atoms in total. The second kappa shape index (κ2) is 6.46. The Balaban J connectivity index is 1.63. The summed E-state index contributed by atoms with van der Waals surface area (Å²) < 4.78 is 33.3. The number of nitrogens with zero attached hydrogens (tertiary/aromatic N) is 1. The maximum absolute atomic E-state index is 14.1. The van der Waals surface area contributed by atoms with E-state index in [1.54, 1.807) is 0 Å². The molecule has 2 aromatic carbocycles. The highest BCUT2D eigenvalue weighted by molar-refractivity contribution is 5.68. The van der Waals surface area contributed by atoms with Crippen LogP contribution in [0, 0.1) is 11.6 Å². The van der Waals surface area contributed by atoms with Crippen LogP contribution in [0.5, 0.6) is 0 Å². The minimum absolute atomic E-state index is 0.0929. The second-order valence-corrected chi connectivity index (χ2v) is 6.44. The number of ether oxygens (including phenoxy) is 1. The molecule has 2 aliphatic heterocycles. The molecule has 2 unspecified atom stereocenters. The van der Waals surface area contributed by atoms with Gasteiger partial charge in [0.1, 0.15) is 11.6 Å². The number of fused-ring (bicyclic) bond motifs is 2. The van der Waals surface area contributed by atoms with Crippen molar-refractivity contribution in [1.82, 2.24) is 4.90 Å². The summed E-state index contributed by atoms with van der Waals surface area (Å²) in [5, 5.41) is 0. The van der Waals surface area contributed by atoms with Crippen LogP contribution < -0.4 is 0 Å². The van der Waals surface area contributed by atoms with E-state index >= 15 is 0 Å². The van der Waals surface area contributed by atoms with Crippen molar-refractivity contribution in [3.05, 3.63) is 77.4 Å². The van der Waals surface area contributed by atoms with Crippen LogP contribution in [-0.4, -0.2) is 30.2 Å². The van der Waals surface area contributed by atoms with Gasteiger partial charge in [0.05, 0.1) is 19.3 Å². The zero-order valence-corrected chi connectivity index (χ0v) is 13.3. The highest BCUT2D eigenvalue weighted by Gasteiger charge is 2.35. The summed E-state index contributed by atoms with van der Waals surface area (Å²) in [6.07, 6.45) is 2.71. The van der Waals surface area contributed by atoms with Gasteiger partial charge in [-0.3, -0.25) is 4.90 Å². The Kier molecular flexibility index (Phi) is 4.17. The average molecular weight is 327 g/mol. The Morgan fingerprint density at radius 3 is 2.67 bits per heavy atom. The van der Waals surface area contributed by atoms with Crippen LogP contribution in [0.3, 0.4) is 0 Å². The summed E-state index contributed by atoms with van der Waals surface area (Å²) in [4.78, 5) is 2.40. The van der Waals surface area contributed by atoms with E-state index in [1.165, 1.54) is 17.7 Å². The lowest BCUT2D eigenvalue weighted by Crippen LogP contribution is -2.53. The molecule has 0 N–H and O–H groups in total. The number of hydrogen-bond acceptors (Lipinski definition) is 2. The molecule has 2 bridgehead atoms. The van der Waals surface area contributed by atoms with Gasteiger partial charge in [0.15, 0.2) is 0 Å². The van der Waals surface area contributed by atoms with Crippen molar-refractivity contribution >= 4 is 5.57 Å². The number of rotatable bonds is 3. The van der Waals surface area contributed by atoms with Crippen LogP contribution in [0.2, 0.25) is 0 Å². The topological polar surface area (TPSA) is 12.5 Å². The van der Waals surface area contributed by atoms with Gasteiger partial charge in [0, 0.05) is 18.2 Å². The molecule has 0 radical (unpaired) electrons. The fraction of sp³-hybridized carbons (Fsp3) is 0.300.